The van der Waals surface area contributed by atoms with E-state index in [-0.39, 0.29) is 5.78 Å². The van der Waals surface area contributed by atoms with E-state index in [1.165, 1.54) is 35.8 Å². The number of carbonyl (C=O) groups excluding carboxylic acids is 2. The Labute approximate surface area is 159 Å². The first-order valence-corrected chi connectivity index (χ1v) is 9.99. The lowest BCUT2D eigenvalue weighted by Gasteiger charge is -2.24. The van der Waals surface area contributed by atoms with Gasteiger partial charge in [0.05, 0.1) is 7.11 Å². The first-order chi connectivity index (χ1) is 13.1. The Hall–Kier alpha value is -2.42. The van der Waals surface area contributed by atoms with E-state index in [4.69, 9.17) is 4.74 Å². The smallest absolute Gasteiger partial charge is 0.320 e. The first-order valence-electron chi connectivity index (χ1n) is 9.99. The predicted octanol–water partition coefficient (Wildman–Crippen LogP) is 3.80. The number of esters is 1. The fourth-order valence-corrected chi connectivity index (χ4v) is 5.35. The summed E-state index contributed by atoms with van der Waals surface area (Å²) in [4.78, 5) is 26.3. The zero-order chi connectivity index (χ0) is 18.6. The molecule has 0 saturated heterocycles. The van der Waals surface area contributed by atoms with Crippen molar-refractivity contribution >= 4 is 11.8 Å². The summed E-state index contributed by atoms with van der Waals surface area (Å²) in [5.74, 6) is -0.455. The van der Waals surface area contributed by atoms with Crippen molar-refractivity contribution in [3.63, 3.8) is 0 Å². The van der Waals surface area contributed by atoms with E-state index in [0.717, 1.165) is 48.8 Å². The van der Waals surface area contributed by atoms with Crippen molar-refractivity contribution in [1.82, 2.24) is 0 Å². The highest BCUT2D eigenvalue weighted by atomic mass is 16.5. The Morgan fingerprint density at radius 2 is 1.59 bits per heavy atom. The van der Waals surface area contributed by atoms with Gasteiger partial charge in [-0.05, 0) is 90.8 Å². The molecule has 1 atom stereocenters. The van der Waals surface area contributed by atoms with Crippen LogP contribution in [-0.2, 0) is 48.1 Å². The topological polar surface area (TPSA) is 43.4 Å². The van der Waals surface area contributed by atoms with E-state index in [0.29, 0.717) is 12.8 Å². The van der Waals surface area contributed by atoms with Gasteiger partial charge in [0.2, 0.25) is 0 Å². The van der Waals surface area contributed by atoms with Gasteiger partial charge in [-0.3, -0.25) is 9.59 Å². The lowest BCUT2D eigenvalue weighted by atomic mass is 9.77. The van der Waals surface area contributed by atoms with E-state index in [1.807, 2.05) is 6.07 Å². The zero-order valence-corrected chi connectivity index (χ0v) is 15.8. The number of Topliss-reactive ketones (excluding diaryl/α,β-unsaturated/α-hetero) is 1. The molecule has 3 aliphatic rings. The molecule has 0 bridgehead atoms. The highest BCUT2D eigenvalue weighted by Crippen LogP contribution is 2.43. The van der Waals surface area contributed by atoms with Crippen LogP contribution < -0.4 is 0 Å². The number of benzene rings is 2. The van der Waals surface area contributed by atoms with E-state index >= 15 is 0 Å². The van der Waals surface area contributed by atoms with Gasteiger partial charge in [-0.25, -0.2) is 0 Å². The number of aryl methyl sites for hydroxylation is 4. The molecule has 138 valence electrons. The van der Waals surface area contributed by atoms with Crippen molar-refractivity contribution in [2.75, 3.05) is 7.11 Å². The maximum Gasteiger partial charge on any atom is 0.320 e. The van der Waals surface area contributed by atoms with Crippen LogP contribution in [0.25, 0.3) is 0 Å². The van der Waals surface area contributed by atoms with E-state index in [2.05, 4.69) is 24.3 Å². The Kier molecular flexibility index (Phi) is 3.75. The van der Waals surface area contributed by atoms with Gasteiger partial charge in [-0.15, -0.1) is 0 Å². The highest BCUT2D eigenvalue weighted by Gasteiger charge is 2.52. The maximum atomic E-state index is 13.5. The lowest BCUT2D eigenvalue weighted by Crippen LogP contribution is -2.40. The van der Waals surface area contributed by atoms with Crippen molar-refractivity contribution in [2.45, 2.75) is 51.4 Å². The van der Waals surface area contributed by atoms with Crippen molar-refractivity contribution in [2.24, 2.45) is 5.41 Å². The van der Waals surface area contributed by atoms with Gasteiger partial charge in [0.15, 0.2) is 5.78 Å². The van der Waals surface area contributed by atoms with Crippen molar-refractivity contribution in [1.29, 1.82) is 0 Å². The third-order valence-corrected chi connectivity index (χ3v) is 6.73. The van der Waals surface area contributed by atoms with Gasteiger partial charge < -0.3 is 4.74 Å². The van der Waals surface area contributed by atoms with Gasteiger partial charge in [0.1, 0.15) is 5.41 Å². The number of fused-ring (bicyclic) bond motifs is 3. The molecule has 0 aliphatic heterocycles. The predicted molar refractivity (Wildman–Crippen MR) is 103 cm³/mol. The van der Waals surface area contributed by atoms with Crippen LogP contribution in [0.2, 0.25) is 0 Å². The number of hydrogen-bond donors (Lipinski definition) is 0. The molecule has 2 aromatic rings. The van der Waals surface area contributed by atoms with Gasteiger partial charge in [-0.1, -0.05) is 24.3 Å². The van der Waals surface area contributed by atoms with Crippen molar-refractivity contribution < 1.29 is 14.3 Å². The molecule has 0 N–H and O–H groups in total. The van der Waals surface area contributed by atoms with Crippen LogP contribution in [0.4, 0.5) is 0 Å². The van der Waals surface area contributed by atoms with Crippen LogP contribution in [0.3, 0.4) is 0 Å². The second-order valence-electron chi connectivity index (χ2n) is 8.34. The summed E-state index contributed by atoms with van der Waals surface area (Å²) in [5.41, 5.74) is 7.11. The van der Waals surface area contributed by atoms with Crippen LogP contribution in [0.5, 0.6) is 0 Å². The summed E-state index contributed by atoms with van der Waals surface area (Å²) >= 11 is 0. The lowest BCUT2D eigenvalue weighted by molar-refractivity contribution is -0.149. The van der Waals surface area contributed by atoms with Crippen LogP contribution in [0, 0.1) is 5.41 Å². The maximum absolute atomic E-state index is 13.5. The van der Waals surface area contributed by atoms with Crippen molar-refractivity contribution in [3.05, 3.63) is 69.3 Å². The molecule has 3 aliphatic carbocycles. The molecule has 0 amide bonds. The third kappa shape index (κ3) is 2.48. The summed E-state index contributed by atoms with van der Waals surface area (Å²) < 4.78 is 5.15. The summed E-state index contributed by atoms with van der Waals surface area (Å²) in [5, 5.41) is 0. The normalized spacial score (nSPS) is 22.5. The van der Waals surface area contributed by atoms with Gasteiger partial charge >= 0.3 is 5.97 Å². The fourth-order valence-electron chi connectivity index (χ4n) is 5.35. The van der Waals surface area contributed by atoms with Crippen LogP contribution >= 0.6 is 0 Å². The number of hydrogen-bond acceptors (Lipinski definition) is 3. The van der Waals surface area contributed by atoms with Crippen LogP contribution in [-0.4, -0.2) is 18.9 Å². The standard InChI is InChI=1S/C24H24O3/c1-27-23(26)24(13-15-8-9-16-4-2-5-17(16)10-15)14-20-11-18-6-3-7-19(18)12-21(20)22(24)25/h8-12H,2-7,13-14H2,1H3/t24-/m0/s1. The minimum Gasteiger partial charge on any atom is -0.468 e. The molecule has 2 aromatic carbocycles. The second kappa shape index (κ2) is 6.05. The Bertz CT molecular complexity index is 972. The molecule has 0 unspecified atom stereocenters. The molecule has 3 heteroatoms. The van der Waals surface area contributed by atoms with Crippen molar-refractivity contribution in [3.8, 4) is 0 Å². The largest absolute Gasteiger partial charge is 0.468 e. The second-order valence-corrected chi connectivity index (χ2v) is 8.34. The SMILES string of the molecule is COC(=O)[C@@]1(Cc2ccc3c(c2)CCC3)Cc2cc3c(cc2C1=O)CCC3. The number of ketones is 1. The summed E-state index contributed by atoms with van der Waals surface area (Å²) in [6.45, 7) is 0. The molecule has 0 spiro atoms. The van der Waals surface area contributed by atoms with E-state index in [9.17, 15) is 9.59 Å². The summed E-state index contributed by atoms with van der Waals surface area (Å²) in [6, 6.07) is 10.7. The molecule has 0 aromatic heterocycles. The average molecular weight is 360 g/mol. The molecule has 0 fully saturated rings. The molecule has 0 heterocycles. The Morgan fingerprint density at radius 1 is 0.926 bits per heavy atom. The summed E-state index contributed by atoms with van der Waals surface area (Å²) in [7, 11) is 1.39. The average Bonchev–Trinajstić information content (AvgIpc) is 3.38. The van der Waals surface area contributed by atoms with E-state index in [1.54, 1.807) is 0 Å². The quantitative estimate of drug-likeness (QED) is 0.618. The van der Waals surface area contributed by atoms with Gasteiger partial charge in [-0.2, -0.15) is 0 Å². The number of ether oxygens (including phenoxy) is 1. The highest BCUT2D eigenvalue weighted by molar-refractivity contribution is 6.16. The summed E-state index contributed by atoms with van der Waals surface area (Å²) in [6.07, 6.45) is 7.56. The molecule has 27 heavy (non-hydrogen) atoms. The molecule has 0 radical (unpaired) electrons. The fraction of sp³-hybridized carbons (Fsp3) is 0.417. The minimum atomic E-state index is -1.11. The Morgan fingerprint density at radius 3 is 2.33 bits per heavy atom. The van der Waals surface area contributed by atoms with Gasteiger partial charge in [0, 0.05) is 5.56 Å². The molecular weight excluding hydrogens is 336 g/mol. The zero-order valence-electron chi connectivity index (χ0n) is 15.8. The number of methoxy groups -OCH3 is 1. The third-order valence-electron chi connectivity index (χ3n) is 6.73. The van der Waals surface area contributed by atoms with E-state index < -0.39 is 11.4 Å². The molecular formula is C24H24O3. The molecule has 3 nitrogen and oxygen atoms in total. The van der Waals surface area contributed by atoms with Crippen LogP contribution in [0.15, 0.2) is 30.3 Å². The monoisotopic (exact) mass is 360 g/mol. The molecule has 0 saturated carbocycles. The molecule has 5 rings (SSSR count). The minimum absolute atomic E-state index is 0.0560. The number of carbonyl (C=O) groups is 2. The van der Waals surface area contributed by atoms with Crippen LogP contribution in [0.1, 0.15) is 56.6 Å². The number of rotatable bonds is 3. The first kappa shape index (κ1) is 16.7. The Balaban J connectivity index is 1.55. The van der Waals surface area contributed by atoms with Gasteiger partial charge in [0.25, 0.3) is 0 Å².